The summed E-state index contributed by atoms with van der Waals surface area (Å²) in [6.45, 7) is 8.57. The molecule has 0 aliphatic heterocycles. The van der Waals surface area contributed by atoms with E-state index in [9.17, 15) is 0 Å². The Balaban J connectivity index is 2.12. The standard InChI is InChI=1S/C17H27N3S/c1-4-11-18-16(10-9-15-8-7-12-21-15)17-13-14(5-2)19-20(17)6-3/h7-8,12-13,16,18H,4-6,9-11H2,1-3H3. The molecule has 21 heavy (non-hydrogen) atoms. The second kappa shape index (κ2) is 8.35. The topological polar surface area (TPSA) is 29.9 Å². The third kappa shape index (κ3) is 4.42. The summed E-state index contributed by atoms with van der Waals surface area (Å²) in [5.74, 6) is 0. The Hall–Kier alpha value is -1.13. The molecule has 2 aromatic rings. The van der Waals surface area contributed by atoms with Crippen LogP contribution in [0.1, 0.15) is 55.9 Å². The number of aryl methyl sites for hydroxylation is 3. The second-order valence-corrected chi connectivity index (χ2v) is 6.39. The minimum atomic E-state index is 0.403. The summed E-state index contributed by atoms with van der Waals surface area (Å²) in [7, 11) is 0. The molecule has 2 heterocycles. The molecule has 1 N–H and O–H groups in total. The Morgan fingerprint density at radius 3 is 2.81 bits per heavy atom. The zero-order chi connectivity index (χ0) is 15.1. The van der Waals surface area contributed by atoms with E-state index in [0.717, 1.165) is 38.8 Å². The zero-order valence-electron chi connectivity index (χ0n) is 13.4. The largest absolute Gasteiger partial charge is 0.309 e. The Morgan fingerprint density at radius 2 is 2.19 bits per heavy atom. The maximum absolute atomic E-state index is 4.70. The summed E-state index contributed by atoms with van der Waals surface area (Å²) in [5.41, 5.74) is 2.55. The molecule has 3 nitrogen and oxygen atoms in total. The number of hydrogen-bond acceptors (Lipinski definition) is 3. The van der Waals surface area contributed by atoms with Crippen LogP contribution in [0, 0.1) is 0 Å². The van der Waals surface area contributed by atoms with Gasteiger partial charge >= 0.3 is 0 Å². The van der Waals surface area contributed by atoms with E-state index in [1.54, 1.807) is 0 Å². The van der Waals surface area contributed by atoms with Gasteiger partial charge in [0, 0.05) is 17.5 Å². The lowest BCUT2D eigenvalue weighted by Crippen LogP contribution is -2.25. The first-order valence-corrected chi connectivity index (χ1v) is 8.98. The number of nitrogens with zero attached hydrogens (tertiary/aromatic N) is 2. The van der Waals surface area contributed by atoms with Crippen LogP contribution in [-0.4, -0.2) is 16.3 Å². The number of rotatable bonds is 9. The first-order chi connectivity index (χ1) is 10.3. The quantitative estimate of drug-likeness (QED) is 0.752. The van der Waals surface area contributed by atoms with Gasteiger partial charge in [-0.25, -0.2) is 0 Å². The molecular formula is C17H27N3S. The van der Waals surface area contributed by atoms with Crippen LogP contribution in [0.15, 0.2) is 23.6 Å². The Labute approximate surface area is 132 Å². The molecular weight excluding hydrogens is 278 g/mol. The Kier molecular flexibility index (Phi) is 6.46. The third-order valence-electron chi connectivity index (χ3n) is 3.78. The molecule has 1 atom stereocenters. The maximum atomic E-state index is 4.70. The van der Waals surface area contributed by atoms with Crippen LogP contribution in [0.2, 0.25) is 0 Å². The van der Waals surface area contributed by atoms with Crippen molar-refractivity contribution < 1.29 is 0 Å². The van der Waals surface area contributed by atoms with E-state index in [2.05, 4.69) is 54.3 Å². The molecule has 0 saturated heterocycles. The molecule has 2 rings (SSSR count). The van der Waals surface area contributed by atoms with Crippen molar-refractivity contribution in [2.24, 2.45) is 0 Å². The predicted molar refractivity (Wildman–Crippen MR) is 91.0 cm³/mol. The van der Waals surface area contributed by atoms with Gasteiger partial charge in [-0.2, -0.15) is 5.10 Å². The van der Waals surface area contributed by atoms with Gasteiger partial charge in [0.05, 0.1) is 11.4 Å². The van der Waals surface area contributed by atoms with Crippen molar-refractivity contribution >= 4 is 11.3 Å². The van der Waals surface area contributed by atoms with Gasteiger partial charge in [-0.15, -0.1) is 11.3 Å². The van der Waals surface area contributed by atoms with Crippen molar-refractivity contribution in [1.29, 1.82) is 0 Å². The Bertz CT molecular complexity index is 516. The van der Waals surface area contributed by atoms with Crippen molar-refractivity contribution in [3.8, 4) is 0 Å². The SMILES string of the molecule is CCCNC(CCc1cccs1)c1cc(CC)nn1CC. The summed E-state index contributed by atoms with van der Waals surface area (Å²) in [5, 5.41) is 10.6. The Morgan fingerprint density at radius 1 is 1.33 bits per heavy atom. The smallest absolute Gasteiger partial charge is 0.0625 e. The molecule has 0 spiro atoms. The molecule has 0 amide bonds. The van der Waals surface area contributed by atoms with Gasteiger partial charge in [0.15, 0.2) is 0 Å². The summed E-state index contributed by atoms with van der Waals surface area (Å²) >= 11 is 1.85. The fraction of sp³-hybridized carbons (Fsp3) is 0.588. The predicted octanol–water partition coefficient (Wildman–Crippen LogP) is 4.20. The fourth-order valence-corrected chi connectivity index (χ4v) is 3.33. The molecule has 2 aromatic heterocycles. The zero-order valence-corrected chi connectivity index (χ0v) is 14.2. The van der Waals surface area contributed by atoms with Gasteiger partial charge in [-0.3, -0.25) is 4.68 Å². The minimum absolute atomic E-state index is 0.403. The first-order valence-electron chi connectivity index (χ1n) is 8.10. The van der Waals surface area contributed by atoms with Crippen LogP contribution >= 0.6 is 11.3 Å². The summed E-state index contributed by atoms with van der Waals surface area (Å²) in [6, 6.07) is 7.06. The van der Waals surface area contributed by atoms with Crippen LogP contribution < -0.4 is 5.32 Å². The summed E-state index contributed by atoms with van der Waals surface area (Å²) in [4.78, 5) is 1.47. The number of aromatic nitrogens is 2. The molecule has 0 aromatic carbocycles. The van der Waals surface area contributed by atoms with Gasteiger partial charge in [-0.05, 0) is 56.7 Å². The number of hydrogen-bond donors (Lipinski definition) is 1. The van der Waals surface area contributed by atoms with Crippen LogP contribution in [-0.2, 0) is 19.4 Å². The van der Waals surface area contributed by atoms with Crippen LogP contribution in [0.25, 0.3) is 0 Å². The minimum Gasteiger partial charge on any atom is -0.309 e. The van der Waals surface area contributed by atoms with Crippen LogP contribution in [0.3, 0.4) is 0 Å². The first kappa shape index (κ1) is 16.2. The van der Waals surface area contributed by atoms with E-state index >= 15 is 0 Å². The molecule has 0 aliphatic rings. The summed E-state index contributed by atoms with van der Waals surface area (Å²) in [6.07, 6.45) is 4.44. The van der Waals surface area contributed by atoms with Gasteiger partial charge in [0.2, 0.25) is 0 Å². The van der Waals surface area contributed by atoms with Crippen molar-refractivity contribution in [2.75, 3.05) is 6.54 Å². The van der Waals surface area contributed by atoms with E-state index in [0.29, 0.717) is 6.04 Å². The van der Waals surface area contributed by atoms with E-state index in [4.69, 9.17) is 5.10 Å². The molecule has 116 valence electrons. The van der Waals surface area contributed by atoms with Gasteiger partial charge in [-0.1, -0.05) is 19.9 Å². The van der Waals surface area contributed by atoms with Crippen molar-refractivity contribution in [3.63, 3.8) is 0 Å². The second-order valence-electron chi connectivity index (χ2n) is 5.35. The lowest BCUT2D eigenvalue weighted by molar-refractivity contribution is 0.457. The van der Waals surface area contributed by atoms with Gasteiger partial charge in [0.25, 0.3) is 0 Å². The van der Waals surface area contributed by atoms with E-state index in [1.165, 1.54) is 16.3 Å². The monoisotopic (exact) mass is 305 g/mol. The van der Waals surface area contributed by atoms with Crippen LogP contribution in [0.4, 0.5) is 0 Å². The van der Waals surface area contributed by atoms with E-state index < -0.39 is 0 Å². The summed E-state index contributed by atoms with van der Waals surface area (Å²) < 4.78 is 2.17. The number of thiophene rings is 1. The van der Waals surface area contributed by atoms with Crippen LogP contribution in [0.5, 0.6) is 0 Å². The highest BCUT2D eigenvalue weighted by Gasteiger charge is 2.17. The highest BCUT2D eigenvalue weighted by atomic mass is 32.1. The van der Waals surface area contributed by atoms with E-state index in [1.807, 2.05) is 11.3 Å². The van der Waals surface area contributed by atoms with Crippen molar-refractivity contribution in [3.05, 3.63) is 39.8 Å². The van der Waals surface area contributed by atoms with Gasteiger partial charge in [0.1, 0.15) is 0 Å². The maximum Gasteiger partial charge on any atom is 0.0625 e. The van der Waals surface area contributed by atoms with E-state index in [-0.39, 0.29) is 0 Å². The normalized spacial score (nSPS) is 12.7. The molecule has 0 bridgehead atoms. The molecule has 0 fully saturated rings. The van der Waals surface area contributed by atoms with Crippen molar-refractivity contribution in [1.82, 2.24) is 15.1 Å². The fourth-order valence-electron chi connectivity index (χ4n) is 2.61. The van der Waals surface area contributed by atoms with Gasteiger partial charge < -0.3 is 5.32 Å². The molecule has 0 aliphatic carbocycles. The molecule has 1 unspecified atom stereocenters. The third-order valence-corrected chi connectivity index (χ3v) is 4.72. The number of nitrogens with one attached hydrogen (secondary N) is 1. The lowest BCUT2D eigenvalue weighted by Gasteiger charge is -2.19. The highest BCUT2D eigenvalue weighted by molar-refractivity contribution is 7.09. The lowest BCUT2D eigenvalue weighted by atomic mass is 10.1. The molecule has 0 radical (unpaired) electrons. The molecule has 0 saturated carbocycles. The molecule has 4 heteroatoms. The highest BCUT2D eigenvalue weighted by Crippen LogP contribution is 2.22. The average Bonchev–Trinajstić information content (AvgIpc) is 3.16. The average molecular weight is 305 g/mol. The van der Waals surface area contributed by atoms with Crippen molar-refractivity contribution in [2.45, 2.75) is 59.0 Å².